The van der Waals surface area contributed by atoms with Crippen LogP contribution in [0.25, 0.3) is 0 Å². The number of aryl methyl sites for hydroxylation is 1. The molecular weight excluding hydrogens is 174 g/mol. The van der Waals surface area contributed by atoms with Gasteiger partial charge >= 0.3 is 0 Å². The molecule has 0 N–H and O–H groups in total. The Morgan fingerprint density at radius 3 is 3.00 bits per heavy atom. The Bertz CT molecular complexity index is 297. The maximum absolute atomic E-state index is 5.88. The van der Waals surface area contributed by atoms with Crippen molar-refractivity contribution in [1.29, 1.82) is 0 Å². The van der Waals surface area contributed by atoms with Crippen molar-refractivity contribution in [2.24, 2.45) is 0 Å². The summed E-state index contributed by atoms with van der Waals surface area (Å²) in [6, 6.07) is 1.88. The summed E-state index contributed by atoms with van der Waals surface area (Å²) in [7, 11) is 0. The van der Waals surface area contributed by atoms with Crippen LogP contribution in [-0.2, 0) is 0 Å². The highest BCUT2D eigenvalue weighted by Gasteiger charge is 2.24. The van der Waals surface area contributed by atoms with E-state index in [2.05, 4.69) is 4.98 Å². The fraction of sp³-hybridized carbons (Fsp3) is 0.444. The molecule has 1 fully saturated rings. The average molecular weight is 184 g/mol. The third kappa shape index (κ3) is 1.69. The predicted octanol–water partition coefficient (Wildman–Crippen LogP) is 2.58. The molecule has 64 valence electrons. The highest BCUT2D eigenvalue weighted by molar-refractivity contribution is 6.31. The van der Waals surface area contributed by atoms with Crippen molar-refractivity contribution >= 4 is 11.6 Å². The van der Waals surface area contributed by atoms with Gasteiger partial charge in [0.2, 0.25) is 0 Å². The Hall–Kier alpha value is -0.760. The zero-order valence-electron chi connectivity index (χ0n) is 6.88. The summed E-state index contributed by atoms with van der Waals surface area (Å²) in [6.07, 6.45) is 4.33. The van der Waals surface area contributed by atoms with Crippen LogP contribution in [0.2, 0.25) is 5.02 Å². The van der Waals surface area contributed by atoms with E-state index in [1.54, 1.807) is 6.20 Å². The van der Waals surface area contributed by atoms with Crippen LogP contribution in [0.1, 0.15) is 18.5 Å². The van der Waals surface area contributed by atoms with Crippen LogP contribution in [0.5, 0.6) is 5.75 Å². The van der Waals surface area contributed by atoms with Crippen LogP contribution in [0, 0.1) is 6.92 Å². The van der Waals surface area contributed by atoms with Gasteiger partial charge in [-0.25, -0.2) is 0 Å². The monoisotopic (exact) mass is 183 g/mol. The van der Waals surface area contributed by atoms with Crippen molar-refractivity contribution < 1.29 is 4.74 Å². The quantitative estimate of drug-likeness (QED) is 0.703. The largest absolute Gasteiger partial charge is 0.489 e. The molecule has 1 heterocycles. The van der Waals surface area contributed by atoms with Gasteiger partial charge in [-0.3, -0.25) is 4.98 Å². The lowest BCUT2D eigenvalue weighted by molar-refractivity contribution is 0.303. The molecule has 1 aliphatic rings. The minimum Gasteiger partial charge on any atom is -0.489 e. The van der Waals surface area contributed by atoms with Crippen molar-refractivity contribution in [3.05, 3.63) is 23.0 Å². The second-order valence-corrected chi connectivity index (χ2v) is 3.48. The van der Waals surface area contributed by atoms with Crippen LogP contribution in [-0.4, -0.2) is 11.1 Å². The van der Waals surface area contributed by atoms with E-state index in [1.165, 1.54) is 0 Å². The van der Waals surface area contributed by atoms with E-state index >= 15 is 0 Å². The number of rotatable bonds is 2. The zero-order valence-corrected chi connectivity index (χ0v) is 7.64. The molecule has 3 heteroatoms. The highest BCUT2D eigenvalue weighted by Crippen LogP contribution is 2.31. The molecule has 0 aromatic carbocycles. The van der Waals surface area contributed by atoms with E-state index in [0.717, 1.165) is 24.3 Å². The molecule has 0 unspecified atom stereocenters. The summed E-state index contributed by atoms with van der Waals surface area (Å²) in [5.41, 5.74) is 0.940. The topological polar surface area (TPSA) is 22.1 Å². The molecule has 1 aliphatic carbocycles. The van der Waals surface area contributed by atoms with Crippen molar-refractivity contribution in [1.82, 2.24) is 4.98 Å². The number of hydrogen-bond donors (Lipinski definition) is 0. The molecule has 0 aliphatic heterocycles. The van der Waals surface area contributed by atoms with E-state index in [1.807, 2.05) is 13.0 Å². The Kier molecular flexibility index (Phi) is 1.93. The summed E-state index contributed by atoms with van der Waals surface area (Å²) < 4.78 is 5.56. The fourth-order valence-electron chi connectivity index (χ4n) is 0.974. The summed E-state index contributed by atoms with van der Waals surface area (Å²) in [5.74, 6) is 0.770. The van der Waals surface area contributed by atoms with Crippen LogP contribution in [0.15, 0.2) is 12.3 Å². The zero-order chi connectivity index (χ0) is 8.55. The molecule has 0 radical (unpaired) electrons. The second-order valence-electron chi connectivity index (χ2n) is 3.07. The minimum absolute atomic E-state index is 0.393. The molecule has 0 atom stereocenters. The third-order valence-electron chi connectivity index (χ3n) is 1.77. The molecule has 2 nitrogen and oxygen atoms in total. The summed E-state index contributed by atoms with van der Waals surface area (Å²) in [6.45, 7) is 1.93. The third-order valence-corrected chi connectivity index (χ3v) is 2.06. The number of halogens is 1. The summed E-state index contributed by atoms with van der Waals surface area (Å²) >= 11 is 5.88. The van der Waals surface area contributed by atoms with Gasteiger partial charge in [-0.2, -0.15) is 0 Å². The lowest BCUT2D eigenvalue weighted by atomic mass is 10.3. The van der Waals surface area contributed by atoms with Crippen LogP contribution in [0.4, 0.5) is 0 Å². The summed E-state index contributed by atoms with van der Waals surface area (Å²) in [5, 5.41) is 0.604. The van der Waals surface area contributed by atoms with Gasteiger partial charge in [-0.1, -0.05) is 11.6 Å². The van der Waals surface area contributed by atoms with Gasteiger partial charge in [-0.15, -0.1) is 0 Å². The standard InChI is InChI=1S/C9H10ClNO/c1-6-4-9(8(10)5-11-6)12-7-2-3-7/h4-5,7H,2-3H2,1H3. The van der Waals surface area contributed by atoms with Gasteiger partial charge in [0, 0.05) is 18.0 Å². The van der Waals surface area contributed by atoms with Crippen LogP contribution >= 0.6 is 11.6 Å². The fourth-order valence-corrected chi connectivity index (χ4v) is 1.12. The number of aromatic nitrogens is 1. The first-order chi connectivity index (χ1) is 5.75. The highest BCUT2D eigenvalue weighted by atomic mass is 35.5. The Morgan fingerprint density at radius 1 is 1.58 bits per heavy atom. The van der Waals surface area contributed by atoms with Gasteiger partial charge in [0.25, 0.3) is 0 Å². The number of ether oxygens (including phenoxy) is 1. The van der Waals surface area contributed by atoms with E-state index in [-0.39, 0.29) is 0 Å². The number of hydrogen-bond acceptors (Lipinski definition) is 2. The first-order valence-electron chi connectivity index (χ1n) is 4.04. The normalized spacial score (nSPS) is 16.2. The molecule has 2 rings (SSSR count). The number of pyridine rings is 1. The van der Waals surface area contributed by atoms with Gasteiger partial charge in [0.05, 0.1) is 6.10 Å². The van der Waals surface area contributed by atoms with Gasteiger partial charge in [0.1, 0.15) is 10.8 Å². The van der Waals surface area contributed by atoms with E-state index < -0.39 is 0 Å². The predicted molar refractivity (Wildman–Crippen MR) is 47.6 cm³/mol. The van der Waals surface area contributed by atoms with Crippen molar-refractivity contribution in [3.8, 4) is 5.75 Å². The molecule has 12 heavy (non-hydrogen) atoms. The molecule has 1 aromatic rings. The minimum atomic E-state index is 0.393. The van der Waals surface area contributed by atoms with Crippen molar-refractivity contribution in [2.45, 2.75) is 25.9 Å². The van der Waals surface area contributed by atoms with E-state index in [9.17, 15) is 0 Å². The first kappa shape index (κ1) is 7.87. The second kappa shape index (κ2) is 2.94. The molecular formula is C9H10ClNO. The smallest absolute Gasteiger partial charge is 0.141 e. The summed E-state index contributed by atoms with van der Waals surface area (Å²) in [4.78, 5) is 4.06. The SMILES string of the molecule is Cc1cc(OC2CC2)c(Cl)cn1. The van der Waals surface area contributed by atoms with E-state index in [4.69, 9.17) is 16.3 Å². The lowest BCUT2D eigenvalue weighted by Crippen LogP contribution is -1.97. The molecule has 0 amide bonds. The maximum atomic E-state index is 5.88. The van der Waals surface area contributed by atoms with Crippen molar-refractivity contribution in [2.75, 3.05) is 0 Å². The molecule has 0 bridgehead atoms. The molecule has 1 saturated carbocycles. The number of nitrogens with zero attached hydrogens (tertiary/aromatic N) is 1. The van der Waals surface area contributed by atoms with Gasteiger partial charge < -0.3 is 4.74 Å². The Morgan fingerprint density at radius 2 is 2.33 bits per heavy atom. The van der Waals surface area contributed by atoms with Crippen molar-refractivity contribution in [3.63, 3.8) is 0 Å². The van der Waals surface area contributed by atoms with E-state index in [0.29, 0.717) is 11.1 Å². The lowest BCUT2D eigenvalue weighted by Gasteiger charge is -2.05. The molecule has 1 aromatic heterocycles. The maximum Gasteiger partial charge on any atom is 0.141 e. The molecule has 0 spiro atoms. The van der Waals surface area contributed by atoms with Gasteiger partial charge in [-0.05, 0) is 19.8 Å². The van der Waals surface area contributed by atoms with Gasteiger partial charge in [0.15, 0.2) is 0 Å². The first-order valence-corrected chi connectivity index (χ1v) is 4.42. The average Bonchev–Trinajstić information content (AvgIpc) is 2.81. The molecule has 0 saturated heterocycles. The Balaban J connectivity index is 2.21. The Labute approximate surface area is 76.5 Å². The van der Waals surface area contributed by atoms with Crippen LogP contribution in [0.3, 0.4) is 0 Å². The van der Waals surface area contributed by atoms with Crippen LogP contribution < -0.4 is 4.74 Å².